The number of ether oxygens (including phenoxy) is 1. The number of benzene rings is 1. The third-order valence-corrected chi connectivity index (χ3v) is 3.99. The topological polar surface area (TPSA) is 69.5 Å². The molecule has 0 spiro atoms. The molecule has 0 bridgehead atoms. The Morgan fingerprint density at radius 2 is 1.92 bits per heavy atom. The number of rotatable bonds is 4. The quantitative estimate of drug-likeness (QED) is 0.856. The number of aromatic nitrogens is 1. The first-order valence-corrected chi connectivity index (χ1v) is 7.82. The number of amides is 1. The number of anilines is 1. The second-order valence-electron chi connectivity index (χ2n) is 5.50. The third kappa shape index (κ3) is 3.82. The first kappa shape index (κ1) is 15.8. The van der Waals surface area contributed by atoms with Crippen LogP contribution in [-0.2, 0) is 4.79 Å². The number of pyridine rings is 1. The summed E-state index contributed by atoms with van der Waals surface area (Å²) < 4.78 is 5.51. The van der Waals surface area contributed by atoms with Crippen LogP contribution in [0.15, 0.2) is 48.8 Å². The summed E-state index contributed by atoms with van der Waals surface area (Å²) in [6.45, 7) is 2.91. The number of nitriles is 1. The molecule has 1 saturated heterocycles. The van der Waals surface area contributed by atoms with Crippen LogP contribution >= 0.6 is 0 Å². The van der Waals surface area contributed by atoms with Gasteiger partial charge in [-0.2, -0.15) is 5.26 Å². The van der Waals surface area contributed by atoms with E-state index in [9.17, 15) is 4.79 Å². The first-order chi connectivity index (χ1) is 11.8. The molecule has 24 heavy (non-hydrogen) atoms. The molecular formula is C18H18N4O2. The number of hydrogen-bond acceptors (Lipinski definition) is 5. The summed E-state index contributed by atoms with van der Waals surface area (Å²) in [4.78, 5) is 20.3. The zero-order valence-electron chi connectivity index (χ0n) is 13.3. The standard InChI is InChI=1S/C18H18N4O2/c19-13-15-2-1-3-17(12-15)24-14-18(23)22-10-8-21(9-11-22)16-4-6-20-7-5-16/h1-7,12H,8-11,14H2. The fraction of sp³-hybridized carbons (Fsp3) is 0.278. The van der Waals surface area contributed by atoms with Gasteiger partial charge in [0.2, 0.25) is 0 Å². The molecule has 0 radical (unpaired) electrons. The van der Waals surface area contributed by atoms with Crippen molar-refractivity contribution in [3.63, 3.8) is 0 Å². The normalized spacial score (nSPS) is 14.1. The van der Waals surface area contributed by atoms with Crippen LogP contribution < -0.4 is 9.64 Å². The van der Waals surface area contributed by atoms with Gasteiger partial charge in [0.15, 0.2) is 6.61 Å². The molecule has 2 heterocycles. The third-order valence-electron chi connectivity index (χ3n) is 3.99. The second kappa shape index (κ2) is 7.47. The van der Waals surface area contributed by atoms with Gasteiger partial charge in [-0.05, 0) is 30.3 Å². The molecule has 6 heteroatoms. The molecule has 0 saturated carbocycles. The van der Waals surface area contributed by atoms with E-state index in [0.717, 1.165) is 18.8 Å². The van der Waals surface area contributed by atoms with Gasteiger partial charge in [0.25, 0.3) is 5.91 Å². The van der Waals surface area contributed by atoms with E-state index in [0.29, 0.717) is 24.4 Å². The SMILES string of the molecule is N#Cc1cccc(OCC(=O)N2CCN(c3ccncc3)CC2)c1. The van der Waals surface area contributed by atoms with Gasteiger partial charge in [0.05, 0.1) is 11.6 Å². The minimum absolute atomic E-state index is 0.00978. The highest BCUT2D eigenvalue weighted by molar-refractivity contribution is 5.78. The highest BCUT2D eigenvalue weighted by Gasteiger charge is 2.21. The lowest BCUT2D eigenvalue weighted by molar-refractivity contribution is -0.133. The van der Waals surface area contributed by atoms with Crippen LogP contribution in [0.1, 0.15) is 5.56 Å². The number of carbonyl (C=O) groups excluding carboxylic acids is 1. The average molecular weight is 322 g/mol. The van der Waals surface area contributed by atoms with Crippen molar-refractivity contribution in [1.82, 2.24) is 9.88 Å². The van der Waals surface area contributed by atoms with Crippen LogP contribution in [0.25, 0.3) is 0 Å². The molecule has 3 rings (SSSR count). The first-order valence-electron chi connectivity index (χ1n) is 7.82. The van der Waals surface area contributed by atoms with Crippen LogP contribution in [0.4, 0.5) is 5.69 Å². The maximum Gasteiger partial charge on any atom is 0.260 e. The molecule has 2 aromatic rings. The van der Waals surface area contributed by atoms with Crippen LogP contribution in [0.5, 0.6) is 5.75 Å². The van der Waals surface area contributed by atoms with E-state index < -0.39 is 0 Å². The second-order valence-corrected chi connectivity index (χ2v) is 5.50. The van der Waals surface area contributed by atoms with Crippen LogP contribution in [0.2, 0.25) is 0 Å². The predicted octanol–water partition coefficient (Wildman–Crippen LogP) is 1.68. The summed E-state index contributed by atoms with van der Waals surface area (Å²) in [7, 11) is 0. The van der Waals surface area contributed by atoms with Crippen molar-refractivity contribution >= 4 is 11.6 Å². The van der Waals surface area contributed by atoms with E-state index >= 15 is 0 Å². The molecule has 1 aromatic heterocycles. The molecule has 122 valence electrons. The van der Waals surface area contributed by atoms with Crippen molar-refractivity contribution in [3.8, 4) is 11.8 Å². The van der Waals surface area contributed by atoms with Gasteiger partial charge in [-0.1, -0.05) is 6.07 Å². The monoisotopic (exact) mass is 322 g/mol. The lowest BCUT2D eigenvalue weighted by atomic mass is 10.2. The van der Waals surface area contributed by atoms with E-state index in [4.69, 9.17) is 10.00 Å². The summed E-state index contributed by atoms with van der Waals surface area (Å²) in [6.07, 6.45) is 3.55. The highest BCUT2D eigenvalue weighted by Crippen LogP contribution is 2.16. The summed E-state index contributed by atoms with van der Waals surface area (Å²) in [6, 6.07) is 12.8. The van der Waals surface area contributed by atoms with Crippen molar-refractivity contribution in [2.24, 2.45) is 0 Å². The van der Waals surface area contributed by atoms with Crippen molar-refractivity contribution in [3.05, 3.63) is 54.4 Å². The van der Waals surface area contributed by atoms with Crippen molar-refractivity contribution in [1.29, 1.82) is 5.26 Å². The van der Waals surface area contributed by atoms with E-state index in [1.54, 1.807) is 36.7 Å². The molecule has 0 unspecified atom stereocenters. The zero-order chi connectivity index (χ0) is 16.8. The van der Waals surface area contributed by atoms with Crippen LogP contribution in [0, 0.1) is 11.3 Å². The summed E-state index contributed by atoms with van der Waals surface area (Å²) in [5, 5.41) is 8.87. The molecule has 0 atom stereocenters. The molecule has 0 N–H and O–H groups in total. The number of carbonyl (C=O) groups is 1. The summed E-state index contributed by atoms with van der Waals surface area (Å²) >= 11 is 0. The van der Waals surface area contributed by atoms with E-state index in [-0.39, 0.29) is 12.5 Å². The van der Waals surface area contributed by atoms with E-state index in [1.165, 1.54) is 0 Å². The molecule has 0 aliphatic carbocycles. The minimum Gasteiger partial charge on any atom is -0.484 e. The number of piperazine rings is 1. The minimum atomic E-state index is -0.0354. The number of hydrogen-bond donors (Lipinski definition) is 0. The van der Waals surface area contributed by atoms with Gasteiger partial charge in [-0.3, -0.25) is 9.78 Å². The van der Waals surface area contributed by atoms with Gasteiger partial charge >= 0.3 is 0 Å². The van der Waals surface area contributed by atoms with E-state index in [2.05, 4.69) is 16.0 Å². The Bertz CT molecular complexity index is 734. The predicted molar refractivity (Wildman–Crippen MR) is 89.7 cm³/mol. The Morgan fingerprint density at radius 3 is 2.62 bits per heavy atom. The maximum atomic E-state index is 12.3. The fourth-order valence-electron chi connectivity index (χ4n) is 2.66. The van der Waals surface area contributed by atoms with Gasteiger partial charge in [0.1, 0.15) is 5.75 Å². The molecule has 6 nitrogen and oxygen atoms in total. The van der Waals surface area contributed by atoms with Crippen LogP contribution in [0.3, 0.4) is 0 Å². The maximum absolute atomic E-state index is 12.3. The lowest BCUT2D eigenvalue weighted by Crippen LogP contribution is -2.50. The van der Waals surface area contributed by atoms with Gasteiger partial charge < -0.3 is 14.5 Å². The van der Waals surface area contributed by atoms with Gasteiger partial charge in [-0.15, -0.1) is 0 Å². The molecule has 1 aromatic carbocycles. The van der Waals surface area contributed by atoms with Gasteiger partial charge in [-0.25, -0.2) is 0 Å². The van der Waals surface area contributed by atoms with E-state index in [1.807, 2.05) is 17.0 Å². The Balaban J connectivity index is 1.49. The zero-order valence-corrected chi connectivity index (χ0v) is 13.3. The molecule has 1 aliphatic heterocycles. The fourth-order valence-corrected chi connectivity index (χ4v) is 2.66. The van der Waals surface area contributed by atoms with Crippen molar-refractivity contribution in [2.75, 3.05) is 37.7 Å². The highest BCUT2D eigenvalue weighted by atomic mass is 16.5. The number of nitrogens with zero attached hydrogens (tertiary/aromatic N) is 4. The molecule has 1 amide bonds. The summed E-state index contributed by atoms with van der Waals surface area (Å²) in [5.41, 5.74) is 1.65. The Hall–Kier alpha value is -3.07. The summed E-state index contributed by atoms with van der Waals surface area (Å²) in [5.74, 6) is 0.504. The Morgan fingerprint density at radius 1 is 1.17 bits per heavy atom. The molecule has 1 fully saturated rings. The van der Waals surface area contributed by atoms with Crippen molar-refractivity contribution < 1.29 is 9.53 Å². The molecular weight excluding hydrogens is 304 g/mol. The lowest BCUT2D eigenvalue weighted by Gasteiger charge is -2.36. The van der Waals surface area contributed by atoms with Crippen molar-refractivity contribution in [2.45, 2.75) is 0 Å². The Labute approximate surface area is 140 Å². The molecule has 1 aliphatic rings. The Kier molecular flexibility index (Phi) is 4.92. The largest absolute Gasteiger partial charge is 0.484 e. The smallest absolute Gasteiger partial charge is 0.260 e. The van der Waals surface area contributed by atoms with Crippen LogP contribution in [-0.4, -0.2) is 48.6 Å². The average Bonchev–Trinajstić information content (AvgIpc) is 2.67. The van der Waals surface area contributed by atoms with Gasteiger partial charge in [0, 0.05) is 44.3 Å².